The topological polar surface area (TPSA) is 50.9 Å². The molecule has 1 aliphatic heterocycles. The van der Waals surface area contributed by atoms with Crippen LogP contribution in [0, 0.1) is 0 Å². The lowest BCUT2D eigenvalue weighted by atomic mass is 9.78. The molecule has 0 fully saturated rings. The molecule has 3 nitrogen and oxygen atoms in total. The van der Waals surface area contributed by atoms with E-state index >= 15 is 0 Å². The fourth-order valence-electron chi connectivity index (χ4n) is 8.67. The number of benzene rings is 4. The highest BCUT2D eigenvalue weighted by Crippen LogP contribution is 2.51. The van der Waals surface area contributed by atoms with Gasteiger partial charge in [-0.05, 0) is 134 Å². The first-order chi connectivity index (χ1) is 27.9. The van der Waals surface area contributed by atoms with Crippen LogP contribution < -0.4 is 11.1 Å². The van der Waals surface area contributed by atoms with Crippen LogP contribution >= 0.6 is 0 Å². The molecule has 3 N–H and O–H groups in total. The molecule has 1 aromatic heterocycles. The minimum Gasteiger partial charge on any atom is -0.381 e. The molecule has 3 aliphatic carbocycles. The minimum absolute atomic E-state index is 0.0338. The number of hydrogen-bond acceptors (Lipinski definition) is 3. The highest BCUT2D eigenvalue weighted by molar-refractivity contribution is 5.89. The zero-order chi connectivity index (χ0) is 38.8. The van der Waals surface area contributed by atoms with Crippen molar-refractivity contribution in [1.29, 1.82) is 0 Å². The third-order valence-corrected chi connectivity index (χ3v) is 11.7. The number of hydrogen-bond donors (Lipinski definition) is 2. The second-order valence-corrected chi connectivity index (χ2v) is 15.8. The van der Waals surface area contributed by atoms with Gasteiger partial charge >= 0.3 is 0 Å². The fourth-order valence-corrected chi connectivity index (χ4v) is 8.67. The Morgan fingerprint density at radius 1 is 0.719 bits per heavy atom. The van der Waals surface area contributed by atoms with Gasteiger partial charge in [-0.15, -0.1) is 0 Å². The van der Waals surface area contributed by atoms with E-state index in [4.69, 9.17) is 5.73 Å². The highest BCUT2D eigenvalue weighted by Gasteiger charge is 2.37. The summed E-state index contributed by atoms with van der Waals surface area (Å²) < 4.78 is 0. The Morgan fingerprint density at radius 3 is 2.40 bits per heavy atom. The first-order valence-corrected chi connectivity index (χ1v) is 20.0. The summed E-state index contributed by atoms with van der Waals surface area (Å²) in [5, 5.41) is 3.75. The number of rotatable bonds is 5. The van der Waals surface area contributed by atoms with Gasteiger partial charge in [0.25, 0.3) is 0 Å². The Labute approximate surface area is 337 Å². The number of nitrogens with two attached hydrogens (primary N) is 1. The van der Waals surface area contributed by atoms with Crippen LogP contribution in [0.1, 0.15) is 77.8 Å². The molecule has 2 heterocycles. The Balaban J connectivity index is 1.17. The number of pyridine rings is 1. The zero-order valence-corrected chi connectivity index (χ0v) is 32.6. The van der Waals surface area contributed by atoms with Crippen LogP contribution in [0.15, 0.2) is 194 Å². The van der Waals surface area contributed by atoms with E-state index in [0.717, 1.165) is 46.4 Å². The Bertz CT molecular complexity index is 2620. The second kappa shape index (κ2) is 15.5. The van der Waals surface area contributed by atoms with E-state index in [-0.39, 0.29) is 17.5 Å². The molecular formula is C54H47N3. The van der Waals surface area contributed by atoms with Gasteiger partial charge in [-0.3, -0.25) is 4.98 Å². The van der Waals surface area contributed by atoms with Crippen molar-refractivity contribution >= 4 is 23.3 Å². The van der Waals surface area contributed by atoms with Crippen molar-refractivity contribution in [2.45, 2.75) is 44.2 Å². The molecule has 57 heavy (non-hydrogen) atoms. The summed E-state index contributed by atoms with van der Waals surface area (Å²) >= 11 is 0. The smallest absolute Gasteiger partial charge is 0.0702 e. The van der Waals surface area contributed by atoms with E-state index in [1.54, 1.807) is 5.57 Å². The van der Waals surface area contributed by atoms with Crippen molar-refractivity contribution in [3.63, 3.8) is 0 Å². The van der Waals surface area contributed by atoms with Gasteiger partial charge in [0, 0.05) is 11.6 Å². The summed E-state index contributed by atoms with van der Waals surface area (Å²) in [5.41, 5.74) is 24.8. The van der Waals surface area contributed by atoms with Crippen molar-refractivity contribution in [3.8, 4) is 22.3 Å². The number of nitrogens with zero attached hydrogens (tertiary/aromatic N) is 1. The maximum atomic E-state index is 6.60. The molecular weight excluding hydrogens is 691 g/mol. The Hall–Kier alpha value is -6.55. The predicted octanol–water partition coefficient (Wildman–Crippen LogP) is 12.8. The van der Waals surface area contributed by atoms with Gasteiger partial charge in [0.15, 0.2) is 0 Å². The van der Waals surface area contributed by atoms with Gasteiger partial charge in [0.2, 0.25) is 0 Å². The van der Waals surface area contributed by atoms with Crippen LogP contribution in [0.4, 0.5) is 0 Å². The Kier molecular flexibility index (Phi) is 9.84. The molecule has 9 rings (SSSR count). The lowest BCUT2D eigenvalue weighted by Crippen LogP contribution is -2.17. The summed E-state index contributed by atoms with van der Waals surface area (Å²) in [5.74, 6) is 0. The molecule has 0 saturated carbocycles. The van der Waals surface area contributed by atoms with Crippen molar-refractivity contribution < 1.29 is 0 Å². The highest BCUT2D eigenvalue weighted by atomic mass is 14.9. The lowest BCUT2D eigenvalue weighted by Gasteiger charge is -2.25. The van der Waals surface area contributed by atoms with Gasteiger partial charge in [0.05, 0.1) is 17.8 Å². The molecule has 2 atom stereocenters. The Morgan fingerprint density at radius 2 is 1.53 bits per heavy atom. The van der Waals surface area contributed by atoms with E-state index < -0.39 is 0 Å². The molecule has 0 saturated heterocycles. The molecule has 0 bridgehead atoms. The molecule has 0 spiro atoms. The van der Waals surface area contributed by atoms with E-state index in [0.29, 0.717) is 0 Å². The van der Waals surface area contributed by atoms with Crippen molar-refractivity contribution in [2.75, 3.05) is 0 Å². The van der Waals surface area contributed by atoms with Crippen molar-refractivity contribution in [1.82, 2.24) is 10.3 Å². The maximum absolute atomic E-state index is 6.60. The molecule has 278 valence electrons. The third-order valence-electron chi connectivity index (χ3n) is 11.7. The van der Waals surface area contributed by atoms with Gasteiger partial charge in [-0.1, -0.05) is 159 Å². The van der Waals surface area contributed by atoms with Gasteiger partial charge in [-0.2, -0.15) is 0 Å². The van der Waals surface area contributed by atoms with Gasteiger partial charge < -0.3 is 11.1 Å². The van der Waals surface area contributed by atoms with Crippen LogP contribution in [0.3, 0.4) is 0 Å². The van der Waals surface area contributed by atoms with E-state index in [1.807, 2.05) is 24.5 Å². The first-order valence-electron chi connectivity index (χ1n) is 20.0. The van der Waals surface area contributed by atoms with Crippen LogP contribution in [-0.4, -0.2) is 4.98 Å². The van der Waals surface area contributed by atoms with Gasteiger partial charge in [-0.25, -0.2) is 0 Å². The van der Waals surface area contributed by atoms with Crippen molar-refractivity contribution in [2.24, 2.45) is 5.73 Å². The number of fused-ring (bicyclic) bond motifs is 3. The van der Waals surface area contributed by atoms with E-state index in [1.165, 1.54) is 44.5 Å². The molecule has 4 aromatic carbocycles. The van der Waals surface area contributed by atoms with Gasteiger partial charge in [0.1, 0.15) is 0 Å². The monoisotopic (exact) mass is 737 g/mol. The maximum Gasteiger partial charge on any atom is 0.0702 e. The quantitative estimate of drug-likeness (QED) is 0.189. The van der Waals surface area contributed by atoms with Crippen LogP contribution in [0.25, 0.3) is 45.6 Å². The molecule has 5 aromatic rings. The van der Waals surface area contributed by atoms with Crippen LogP contribution in [0.2, 0.25) is 0 Å². The minimum atomic E-state index is -0.286. The average molecular weight is 738 g/mol. The first kappa shape index (κ1) is 36.1. The predicted molar refractivity (Wildman–Crippen MR) is 241 cm³/mol. The van der Waals surface area contributed by atoms with Crippen LogP contribution in [0.5, 0.6) is 0 Å². The molecule has 0 radical (unpaired) electrons. The number of aromatic nitrogens is 1. The zero-order valence-electron chi connectivity index (χ0n) is 32.6. The van der Waals surface area contributed by atoms with E-state index in [9.17, 15) is 0 Å². The lowest BCUT2D eigenvalue weighted by molar-refractivity contribution is 0.607. The largest absolute Gasteiger partial charge is 0.381 e. The summed E-state index contributed by atoms with van der Waals surface area (Å²) in [4.78, 5) is 4.57. The fraction of sp³-hybridized carbons (Fsp3) is 0.130. The van der Waals surface area contributed by atoms with Crippen molar-refractivity contribution in [3.05, 3.63) is 233 Å². The van der Waals surface area contributed by atoms with Crippen LogP contribution in [-0.2, 0) is 5.41 Å². The number of nitrogens with one attached hydrogen (secondary N) is 1. The molecule has 0 amide bonds. The standard InChI is InChI=1S/C54H47N3/c1-54(2)49-18-10-9-17-47(49)48-35-44(26-27-50(48)54)45-32-38(31-37-19-21-42-16-12-30-57-53(42)51(55)28-20-37)33-46(34-45)52-36-43(15-6-3-4-11-29-56-52)41-24-22-40(23-25-41)39-13-7-5-8-14-39/h3-9,11-17,19-36,51-52,56H,10,18,55H2,1-2H3/b4-3-,15-6+,21-19-,28-20?,29-11-,37-31-,43-36+. The molecule has 3 heteroatoms. The number of allylic oxidation sites excluding steroid dienone is 13. The van der Waals surface area contributed by atoms with E-state index in [2.05, 4.69) is 194 Å². The summed E-state index contributed by atoms with van der Waals surface area (Å²) in [6.07, 6.45) is 34.4. The molecule has 4 aliphatic rings. The SMILES string of the molecule is CC1(C)C2=C(C=CCC2)c2cc(-c3cc(/C=C4C=CC(N)c5ncccc5/C=C\4)cc(C4\C=C(c5ccc(-c6ccccc6)cc5)/C=C/C=C\C=C/N4)c3)ccc21. The summed E-state index contributed by atoms with van der Waals surface area (Å²) in [6, 6.07) is 37.2. The average Bonchev–Trinajstić information content (AvgIpc) is 3.48. The third kappa shape index (κ3) is 7.43. The molecule has 2 unspecified atom stereocenters. The second-order valence-electron chi connectivity index (χ2n) is 15.8. The normalized spacial score (nSPS) is 23.1. The summed E-state index contributed by atoms with van der Waals surface area (Å²) in [7, 11) is 0. The summed E-state index contributed by atoms with van der Waals surface area (Å²) in [6.45, 7) is 4.77.